The van der Waals surface area contributed by atoms with E-state index in [0.717, 1.165) is 43.8 Å². The minimum Gasteiger partial charge on any atom is -0.454 e. The van der Waals surface area contributed by atoms with Crippen LogP contribution in [0.4, 0.5) is 0 Å². The van der Waals surface area contributed by atoms with E-state index in [1.165, 1.54) is 0 Å². The first kappa shape index (κ1) is 17.5. The Morgan fingerprint density at radius 2 is 2.04 bits per heavy atom. The number of hydrogen-bond donors (Lipinski definition) is 0. The van der Waals surface area contributed by atoms with Crippen molar-refractivity contribution in [1.29, 1.82) is 0 Å². The first-order chi connectivity index (χ1) is 13.5. The molecule has 2 aromatic rings. The van der Waals surface area contributed by atoms with E-state index in [9.17, 15) is 4.79 Å². The van der Waals surface area contributed by atoms with Crippen molar-refractivity contribution in [3.63, 3.8) is 0 Å². The van der Waals surface area contributed by atoms with Crippen molar-refractivity contribution in [1.82, 2.24) is 19.9 Å². The molecule has 3 aliphatic rings. The smallest absolute Gasteiger partial charge is 0.241 e. The Morgan fingerprint density at radius 1 is 1.21 bits per heavy atom. The molecule has 2 fully saturated rings. The summed E-state index contributed by atoms with van der Waals surface area (Å²) in [7, 11) is 0. The van der Waals surface area contributed by atoms with Crippen molar-refractivity contribution in [2.24, 2.45) is 5.92 Å². The van der Waals surface area contributed by atoms with Crippen molar-refractivity contribution >= 4 is 5.91 Å². The lowest BCUT2D eigenvalue weighted by atomic mass is 9.98. The highest BCUT2D eigenvalue weighted by molar-refractivity contribution is 5.81. The molecule has 2 aliphatic heterocycles. The number of hydrogen-bond acceptors (Lipinski definition) is 7. The Morgan fingerprint density at radius 3 is 2.82 bits per heavy atom. The van der Waals surface area contributed by atoms with Gasteiger partial charge in [-0.3, -0.25) is 9.69 Å². The molecule has 1 aromatic heterocycles. The minimum atomic E-state index is -0.143. The van der Waals surface area contributed by atoms with E-state index in [2.05, 4.69) is 28.9 Å². The molecule has 5 rings (SSSR count). The van der Waals surface area contributed by atoms with Gasteiger partial charge < -0.3 is 18.9 Å². The molecule has 148 valence electrons. The lowest BCUT2D eigenvalue weighted by Gasteiger charge is -2.46. The van der Waals surface area contributed by atoms with Gasteiger partial charge >= 0.3 is 0 Å². The van der Waals surface area contributed by atoms with Gasteiger partial charge in [0.1, 0.15) is 0 Å². The third kappa shape index (κ3) is 3.22. The summed E-state index contributed by atoms with van der Waals surface area (Å²) in [6, 6.07) is 5.62. The molecule has 8 nitrogen and oxygen atoms in total. The largest absolute Gasteiger partial charge is 0.454 e. The van der Waals surface area contributed by atoms with E-state index in [0.29, 0.717) is 29.9 Å². The number of aromatic nitrogens is 2. The van der Waals surface area contributed by atoms with Crippen molar-refractivity contribution in [3.05, 3.63) is 24.1 Å². The van der Waals surface area contributed by atoms with Crippen LogP contribution in [0.3, 0.4) is 0 Å². The molecule has 0 N–H and O–H groups in total. The summed E-state index contributed by atoms with van der Waals surface area (Å²) in [6.07, 6.45) is 2.09. The van der Waals surface area contributed by atoms with Gasteiger partial charge in [0.05, 0.1) is 6.54 Å². The van der Waals surface area contributed by atoms with Crippen molar-refractivity contribution in [2.45, 2.75) is 38.8 Å². The van der Waals surface area contributed by atoms with Gasteiger partial charge in [-0.15, -0.1) is 0 Å². The average molecular weight is 384 g/mol. The van der Waals surface area contributed by atoms with Crippen LogP contribution in [-0.4, -0.2) is 57.8 Å². The van der Waals surface area contributed by atoms with Gasteiger partial charge in [0.25, 0.3) is 0 Å². The van der Waals surface area contributed by atoms with Crippen LogP contribution in [0.1, 0.15) is 32.6 Å². The summed E-state index contributed by atoms with van der Waals surface area (Å²) in [5.74, 6) is 3.11. The third-order valence-corrected chi connectivity index (χ3v) is 5.74. The number of carbonyl (C=O) groups excluding carboxylic acids is 1. The zero-order chi connectivity index (χ0) is 19.3. The van der Waals surface area contributed by atoms with E-state index in [1.54, 1.807) is 0 Å². The van der Waals surface area contributed by atoms with Gasteiger partial charge in [0, 0.05) is 36.7 Å². The summed E-state index contributed by atoms with van der Waals surface area (Å²) < 4.78 is 16.3. The summed E-state index contributed by atoms with van der Waals surface area (Å²) in [4.78, 5) is 21.3. The maximum Gasteiger partial charge on any atom is 0.241 e. The van der Waals surface area contributed by atoms with Crippen LogP contribution in [0.15, 0.2) is 22.7 Å². The molecule has 28 heavy (non-hydrogen) atoms. The van der Waals surface area contributed by atoms with Crippen LogP contribution in [0, 0.1) is 5.92 Å². The van der Waals surface area contributed by atoms with Crippen molar-refractivity contribution in [3.8, 4) is 22.9 Å². The molecule has 3 heterocycles. The number of carbonyl (C=O) groups is 1. The highest BCUT2D eigenvalue weighted by Gasteiger charge is 2.40. The molecule has 0 unspecified atom stereocenters. The predicted octanol–water partition coefficient (Wildman–Crippen LogP) is 2.30. The highest BCUT2D eigenvalue weighted by Crippen LogP contribution is 2.36. The Labute approximate surface area is 163 Å². The quantitative estimate of drug-likeness (QED) is 0.800. The number of benzene rings is 1. The molecular formula is C20H24N4O4. The first-order valence-electron chi connectivity index (χ1n) is 9.76. The fourth-order valence-electron chi connectivity index (χ4n) is 3.90. The van der Waals surface area contributed by atoms with E-state index in [4.69, 9.17) is 14.0 Å². The van der Waals surface area contributed by atoms with Crippen LogP contribution in [0.25, 0.3) is 11.4 Å². The topological polar surface area (TPSA) is 80.9 Å². The van der Waals surface area contributed by atoms with Gasteiger partial charge in [-0.05, 0) is 44.9 Å². The van der Waals surface area contributed by atoms with Gasteiger partial charge in [-0.25, -0.2) is 0 Å². The monoisotopic (exact) mass is 384 g/mol. The van der Waals surface area contributed by atoms with Crippen LogP contribution < -0.4 is 9.47 Å². The second kappa shape index (κ2) is 6.48. The second-order valence-electron chi connectivity index (χ2n) is 8.35. The molecule has 1 aliphatic carbocycles. The summed E-state index contributed by atoms with van der Waals surface area (Å²) >= 11 is 0. The molecule has 0 radical (unpaired) electrons. The zero-order valence-electron chi connectivity index (χ0n) is 16.2. The average Bonchev–Trinajstić information content (AvgIpc) is 3.23. The molecule has 1 amide bonds. The van der Waals surface area contributed by atoms with Crippen molar-refractivity contribution in [2.75, 3.05) is 26.4 Å². The molecule has 0 bridgehead atoms. The predicted molar refractivity (Wildman–Crippen MR) is 99.7 cm³/mol. The Kier molecular flexibility index (Phi) is 4.04. The van der Waals surface area contributed by atoms with E-state index in [1.807, 2.05) is 23.1 Å². The number of nitrogens with zero attached hydrogens (tertiary/aromatic N) is 4. The van der Waals surface area contributed by atoms with Crippen LogP contribution in [0.5, 0.6) is 11.5 Å². The van der Waals surface area contributed by atoms with E-state index < -0.39 is 0 Å². The summed E-state index contributed by atoms with van der Waals surface area (Å²) in [5.41, 5.74) is 0.689. The molecule has 1 saturated carbocycles. The molecular weight excluding hydrogens is 360 g/mol. The SMILES string of the molecule is CC1(C)CN(C(=O)C2CC2)CCN1Cc1nc(-c2ccc3c(c2)OCO3)no1. The maximum atomic E-state index is 12.4. The lowest BCUT2D eigenvalue weighted by Crippen LogP contribution is -2.60. The number of fused-ring (bicyclic) bond motifs is 1. The van der Waals surface area contributed by atoms with Crippen LogP contribution in [0.2, 0.25) is 0 Å². The third-order valence-electron chi connectivity index (χ3n) is 5.74. The van der Waals surface area contributed by atoms with Gasteiger partial charge in [-0.2, -0.15) is 4.98 Å². The molecule has 1 aromatic carbocycles. The highest BCUT2D eigenvalue weighted by atomic mass is 16.7. The Bertz CT molecular complexity index is 905. The van der Waals surface area contributed by atoms with Gasteiger partial charge in [-0.1, -0.05) is 5.16 Å². The number of ether oxygens (including phenoxy) is 2. The lowest BCUT2D eigenvalue weighted by molar-refractivity contribution is -0.138. The Hall–Kier alpha value is -2.61. The maximum absolute atomic E-state index is 12.4. The van der Waals surface area contributed by atoms with Crippen LogP contribution >= 0.6 is 0 Å². The van der Waals surface area contributed by atoms with Crippen LogP contribution in [-0.2, 0) is 11.3 Å². The Balaban J connectivity index is 1.27. The van der Waals surface area contributed by atoms with Gasteiger partial charge in [0.15, 0.2) is 11.5 Å². The summed E-state index contributed by atoms with van der Waals surface area (Å²) in [6.45, 7) is 7.40. The van der Waals surface area contributed by atoms with Gasteiger partial charge in [0.2, 0.25) is 24.4 Å². The second-order valence-corrected chi connectivity index (χ2v) is 8.35. The first-order valence-corrected chi connectivity index (χ1v) is 9.76. The van der Waals surface area contributed by atoms with E-state index >= 15 is 0 Å². The number of rotatable bonds is 4. The molecule has 0 atom stereocenters. The molecule has 8 heteroatoms. The molecule has 1 saturated heterocycles. The molecule has 0 spiro atoms. The fourth-order valence-corrected chi connectivity index (χ4v) is 3.90. The zero-order valence-corrected chi connectivity index (χ0v) is 16.2. The van der Waals surface area contributed by atoms with Crippen molar-refractivity contribution < 1.29 is 18.8 Å². The standard InChI is InChI=1S/C20H24N4O4/c1-20(2)11-23(19(25)13-3-4-13)7-8-24(20)10-17-21-18(22-28-17)14-5-6-15-16(9-14)27-12-26-15/h5-6,9,13H,3-4,7-8,10-12H2,1-2H3. The summed E-state index contributed by atoms with van der Waals surface area (Å²) in [5, 5.41) is 4.13. The number of piperazine rings is 1. The number of amides is 1. The van der Waals surface area contributed by atoms with E-state index in [-0.39, 0.29) is 18.2 Å². The minimum absolute atomic E-state index is 0.143. The normalized spacial score (nSPS) is 21.1. The fraction of sp³-hybridized carbons (Fsp3) is 0.550.